The van der Waals surface area contributed by atoms with Gasteiger partial charge in [-0.2, -0.15) is 21.6 Å². The molecule has 3 rings (SSSR count). The molecule has 0 aliphatic carbocycles. The summed E-state index contributed by atoms with van der Waals surface area (Å²) in [5.41, 5.74) is -2.90. The molecule has 0 spiro atoms. The quantitative estimate of drug-likeness (QED) is 0.225. The fourth-order valence-electron chi connectivity index (χ4n) is 3.63. The normalized spacial score (nSPS) is 14.5. The van der Waals surface area contributed by atoms with Crippen LogP contribution in [0.4, 0.5) is 13.2 Å². The first-order valence-electron chi connectivity index (χ1n) is 11.0. The van der Waals surface area contributed by atoms with E-state index in [1.807, 2.05) is 24.3 Å². The van der Waals surface area contributed by atoms with Gasteiger partial charge in [0.2, 0.25) is 5.91 Å². The van der Waals surface area contributed by atoms with Crippen LogP contribution in [0.15, 0.2) is 48.5 Å². The highest BCUT2D eigenvalue weighted by Gasteiger charge is 2.48. The Labute approximate surface area is 202 Å². The molecule has 1 heterocycles. The number of fused-ring (bicyclic) bond motifs is 1. The zero-order valence-corrected chi connectivity index (χ0v) is 20.0. The van der Waals surface area contributed by atoms with Crippen LogP contribution in [0.5, 0.6) is 11.5 Å². The van der Waals surface area contributed by atoms with Crippen LogP contribution in [0.3, 0.4) is 0 Å². The Morgan fingerprint density at radius 1 is 1.09 bits per heavy atom. The molecule has 190 valence electrons. The van der Waals surface area contributed by atoms with Crippen LogP contribution in [0, 0.1) is 0 Å². The van der Waals surface area contributed by atoms with Gasteiger partial charge in [0.1, 0.15) is 11.5 Å². The Balaban J connectivity index is 1.40. The minimum atomic E-state index is -5.70. The van der Waals surface area contributed by atoms with Crippen LogP contribution >= 0.6 is 0 Å². The van der Waals surface area contributed by atoms with Gasteiger partial charge in [-0.25, -0.2) is 0 Å². The molecule has 0 radical (unpaired) electrons. The van der Waals surface area contributed by atoms with E-state index >= 15 is 0 Å². The number of ether oxygens (including phenoxy) is 1. The first kappa shape index (κ1) is 26.6. The van der Waals surface area contributed by atoms with E-state index in [2.05, 4.69) is 14.4 Å². The molecule has 0 fully saturated rings. The molecule has 7 nitrogen and oxygen atoms in total. The van der Waals surface area contributed by atoms with Crippen molar-refractivity contribution < 1.29 is 35.3 Å². The standard InChI is InChI=1S/C24H27F3N2O5S/c1-33-21-8-4-18(5-9-21)6-11-23(30)28-13-2-3-14-29-15-12-19-7-10-22(16-20(19)17-29)34-35(31,32)24(25,26)27/h4-11,16H,2-3,12-15,17H2,1H3,(H,28,30). The predicted molar refractivity (Wildman–Crippen MR) is 125 cm³/mol. The molecule has 0 unspecified atom stereocenters. The van der Waals surface area contributed by atoms with Gasteiger partial charge < -0.3 is 14.2 Å². The lowest BCUT2D eigenvalue weighted by Crippen LogP contribution is -2.32. The molecular weight excluding hydrogens is 485 g/mol. The molecule has 1 N–H and O–H groups in total. The van der Waals surface area contributed by atoms with Crippen molar-refractivity contribution in [2.24, 2.45) is 0 Å². The zero-order valence-electron chi connectivity index (χ0n) is 19.2. The molecule has 1 aliphatic rings. The van der Waals surface area contributed by atoms with E-state index in [9.17, 15) is 26.4 Å². The average molecular weight is 513 g/mol. The molecule has 2 aromatic carbocycles. The topological polar surface area (TPSA) is 84.9 Å². The van der Waals surface area contributed by atoms with E-state index in [0.29, 0.717) is 19.5 Å². The first-order chi connectivity index (χ1) is 16.6. The molecule has 0 atom stereocenters. The number of carbonyl (C=O) groups excluding carboxylic acids is 1. The summed E-state index contributed by atoms with van der Waals surface area (Å²) in [6.07, 6.45) is 5.48. The predicted octanol–water partition coefficient (Wildman–Crippen LogP) is 3.89. The third-order valence-electron chi connectivity index (χ3n) is 5.50. The molecule has 0 bridgehead atoms. The monoisotopic (exact) mass is 512 g/mol. The third kappa shape index (κ3) is 7.72. The van der Waals surface area contributed by atoms with Crippen molar-refractivity contribution in [2.75, 3.05) is 26.7 Å². The highest BCUT2D eigenvalue weighted by Crippen LogP contribution is 2.29. The summed E-state index contributed by atoms with van der Waals surface area (Å²) in [6, 6.07) is 11.5. The van der Waals surface area contributed by atoms with Crippen LogP contribution in [0.2, 0.25) is 0 Å². The summed E-state index contributed by atoms with van der Waals surface area (Å²) in [4.78, 5) is 14.1. The van der Waals surface area contributed by atoms with E-state index in [1.165, 1.54) is 18.2 Å². The Morgan fingerprint density at radius 3 is 2.49 bits per heavy atom. The molecular formula is C24H27F3N2O5S. The van der Waals surface area contributed by atoms with Crippen LogP contribution in [0.1, 0.15) is 29.5 Å². The number of nitrogens with zero attached hydrogens (tertiary/aromatic N) is 1. The molecule has 1 amide bonds. The van der Waals surface area contributed by atoms with Crippen molar-refractivity contribution in [1.29, 1.82) is 0 Å². The van der Waals surface area contributed by atoms with E-state index in [0.717, 1.165) is 48.4 Å². The number of halogens is 3. The first-order valence-corrected chi connectivity index (χ1v) is 12.4. The molecule has 0 saturated heterocycles. The largest absolute Gasteiger partial charge is 0.534 e. The molecule has 0 saturated carbocycles. The maximum atomic E-state index is 12.6. The molecule has 11 heteroatoms. The van der Waals surface area contributed by atoms with E-state index in [-0.39, 0.29) is 11.7 Å². The van der Waals surface area contributed by atoms with Crippen LogP contribution in [0.25, 0.3) is 6.08 Å². The number of benzene rings is 2. The maximum Gasteiger partial charge on any atom is 0.534 e. The van der Waals surface area contributed by atoms with Crippen molar-refractivity contribution in [1.82, 2.24) is 10.2 Å². The Kier molecular flexibility index (Phi) is 8.79. The van der Waals surface area contributed by atoms with Crippen LogP contribution in [-0.2, 0) is 27.9 Å². The van der Waals surface area contributed by atoms with Crippen molar-refractivity contribution >= 4 is 22.1 Å². The third-order valence-corrected chi connectivity index (χ3v) is 6.48. The maximum absolute atomic E-state index is 12.6. The Morgan fingerprint density at radius 2 is 1.80 bits per heavy atom. The molecule has 35 heavy (non-hydrogen) atoms. The van der Waals surface area contributed by atoms with Crippen LogP contribution < -0.4 is 14.2 Å². The SMILES string of the molecule is COc1ccc(C=CC(=O)NCCCCN2CCc3ccc(OS(=O)(=O)C(F)(F)F)cc3C2)cc1. The molecule has 0 aromatic heterocycles. The van der Waals surface area contributed by atoms with E-state index < -0.39 is 15.6 Å². The lowest BCUT2D eigenvalue weighted by atomic mass is 9.99. The Bertz CT molecular complexity index is 1150. The second-order valence-electron chi connectivity index (χ2n) is 8.04. The van der Waals surface area contributed by atoms with Gasteiger partial charge >= 0.3 is 15.6 Å². The lowest BCUT2D eigenvalue weighted by molar-refractivity contribution is -0.116. The van der Waals surface area contributed by atoms with Gasteiger partial charge in [-0.3, -0.25) is 9.69 Å². The summed E-state index contributed by atoms with van der Waals surface area (Å²) >= 11 is 0. The van der Waals surface area contributed by atoms with Gasteiger partial charge in [0.15, 0.2) is 0 Å². The van der Waals surface area contributed by atoms with Gasteiger partial charge in [0, 0.05) is 25.7 Å². The number of nitrogens with one attached hydrogen (secondary N) is 1. The molecule has 2 aromatic rings. The van der Waals surface area contributed by atoms with Gasteiger partial charge in [-0.15, -0.1) is 0 Å². The number of unbranched alkanes of at least 4 members (excludes halogenated alkanes) is 1. The van der Waals surface area contributed by atoms with Crippen molar-refractivity contribution in [3.63, 3.8) is 0 Å². The number of methoxy groups -OCH3 is 1. The summed E-state index contributed by atoms with van der Waals surface area (Å²) < 4.78 is 69.5. The van der Waals surface area contributed by atoms with Gasteiger partial charge in [-0.05, 0) is 72.8 Å². The highest BCUT2D eigenvalue weighted by atomic mass is 32.2. The number of alkyl halides is 3. The number of rotatable bonds is 10. The fraction of sp³-hybridized carbons (Fsp3) is 0.375. The minimum absolute atomic E-state index is 0.186. The molecule has 1 aliphatic heterocycles. The van der Waals surface area contributed by atoms with E-state index in [1.54, 1.807) is 19.3 Å². The highest BCUT2D eigenvalue weighted by molar-refractivity contribution is 7.88. The average Bonchev–Trinajstić information content (AvgIpc) is 2.81. The lowest BCUT2D eigenvalue weighted by Gasteiger charge is -2.29. The van der Waals surface area contributed by atoms with Crippen LogP contribution in [-0.4, -0.2) is 51.5 Å². The number of amides is 1. The van der Waals surface area contributed by atoms with Crippen molar-refractivity contribution in [2.45, 2.75) is 31.3 Å². The Hall–Kier alpha value is -3.05. The summed E-state index contributed by atoms with van der Waals surface area (Å²) in [5.74, 6) is 0.203. The second kappa shape index (κ2) is 11.6. The van der Waals surface area contributed by atoms with Crippen molar-refractivity contribution in [3.8, 4) is 11.5 Å². The smallest absolute Gasteiger partial charge is 0.497 e. The number of hydrogen-bond acceptors (Lipinski definition) is 6. The van der Waals surface area contributed by atoms with Crippen molar-refractivity contribution in [3.05, 3.63) is 65.2 Å². The zero-order chi connectivity index (χ0) is 25.5. The summed E-state index contributed by atoms with van der Waals surface area (Å²) in [5, 5.41) is 2.84. The number of hydrogen-bond donors (Lipinski definition) is 1. The second-order valence-corrected chi connectivity index (χ2v) is 9.58. The summed E-state index contributed by atoms with van der Waals surface area (Å²) in [6.45, 7) is 2.52. The fourth-order valence-corrected chi connectivity index (χ4v) is 4.08. The number of carbonyl (C=O) groups is 1. The van der Waals surface area contributed by atoms with E-state index in [4.69, 9.17) is 4.74 Å². The summed E-state index contributed by atoms with van der Waals surface area (Å²) in [7, 11) is -4.11. The van der Waals surface area contributed by atoms with Gasteiger partial charge in [0.25, 0.3) is 0 Å². The van der Waals surface area contributed by atoms with Gasteiger partial charge in [-0.1, -0.05) is 18.2 Å². The minimum Gasteiger partial charge on any atom is -0.497 e. The van der Waals surface area contributed by atoms with Gasteiger partial charge in [0.05, 0.1) is 7.11 Å².